The average Bonchev–Trinajstić information content (AvgIpc) is 3.35. The molecule has 1 aliphatic heterocycles. The summed E-state index contributed by atoms with van der Waals surface area (Å²) in [7, 11) is 0. The summed E-state index contributed by atoms with van der Waals surface area (Å²) < 4.78 is 10.8. The molecule has 13 nitrogen and oxygen atoms in total. The van der Waals surface area contributed by atoms with Gasteiger partial charge in [0.1, 0.15) is 25.3 Å². The van der Waals surface area contributed by atoms with Crippen molar-refractivity contribution < 1.29 is 48.8 Å². The van der Waals surface area contributed by atoms with Crippen LogP contribution in [0.3, 0.4) is 0 Å². The number of piperazine rings is 1. The van der Waals surface area contributed by atoms with E-state index in [1.54, 1.807) is 6.92 Å². The highest BCUT2D eigenvalue weighted by Gasteiger charge is 2.37. The van der Waals surface area contributed by atoms with Crippen molar-refractivity contribution in [1.29, 1.82) is 0 Å². The van der Waals surface area contributed by atoms with E-state index < -0.39 is 54.7 Å². The van der Waals surface area contributed by atoms with Crippen molar-refractivity contribution in [3.8, 4) is 11.1 Å². The third kappa shape index (κ3) is 8.70. The highest BCUT2D eigenvalue weighted by Crippen LogP contribution is 2.44. The molecule has 2 aromatic carbocycles. The summed E-state index contributed by atoms with van der Waals surface area (Å²) in [6.07, 6.45) is -0.841. The van der Waals surface area contributed by atoms with Crippen molar-refractivity contribution in [3.05, 3.63) is 71.8 Å². The largest absolute Gasteiger partial charge is 0.481 e. The monoisotopic (exact) mass is 637 g/mol. The van der Waals surface area contributed by atoms with E-state index in [2.05, 4.69) is 5.32 Å². The maximum Gasteiger partial charge on any atom is 0.410 e. The van der Waals surface area contributed by atoms with Crippen LogP contribution in [0.25, 0.3) is 11.1 Å². The predicted molar refractivity (Wildman–Crippen MR) is 164 cm³/mol. The molecule has 1 saturated heterocycles. The lowest BCUT2D eigenvalue weighted by Gasteiger charge is -2.38. The highest BCUT2D eigenvalue weighted by molar-refractivity contribution is 5.90. The zero-order valence-electron chi connectivity index (χ0n) is 25.5. The second kappa shape index (κ2) is 16.0. The molecule has 0 aromatic heterocycles. The third-order valence-corrected chi connectivity index (χ3v) is 7.97. The first kappa shape index (κ1) is 34.1. The van der Waals surface area contributed by atoms with Gasteiger partial charge in [0.05, 0.1) is 12.8 Å². The van der Waals surface area contributed by atoms with Gasteiger partial charge in [-0.15, -0.1) is 0 Å². The fourth-order valence-corrected chi connectivity index (χ4v) is 5.67. The number of aliphatic carboxylic acids is 1. The highest BCUT2D eigenvalue weighted by atomic mass is 16.6. The Kier molecular flexibility index (Phi) is 11.9. The number of nitrogens with zero attached hydrogens (tertiary/aromatic N) is 2. The molecule has 4 N–H and O–H groups in total. The quantitative estimate of drug-likeness (QED) is 0.136. The Hall–Kier alpha value is -4.75. The van der Waals surface area contributed by atoms with Crippen LogP contribution in [0.4, 0.5) is 4.79 Å². The van der Waals surface area contributed by atoms with E-state index in [-0.39, 0.29) is 51.5 Å². The van der Waals surface area contributed by atoms with Gasteiger partial charge in [0.25, 0.3) is 0 Å². The van der Waals surface area contributed by atoms with Gasteiger partial charge in [-0.1, -0.05) is 67.6 Å². The fraction of sp³-hybridized carbons (Fsp3) is 0.424. The van der Waals surface area contributed by atoms with Crippen LogP contribution >= 0.6 is 0 Å². The number of aliphatic hydroxyl groups excluding tert-OH is 1. The number of hydrogen-bond acceptors (Lipinski definition) is 9. The molecule has 0 saturated carbocycles. The first-order valence-corrected chi connectivity index (χ1v) is 15.2. The summed E-state index contributed by atoms with van der Waals surface area (Å²) in [6, 6.07) is 14.7. The SMILES string of the molecule is CCC(CC(=O)O)OC(=O)C/C=C/CNC(=O)[C@H](CC(O)O)N1CCN(C(=O)OCC2c3ccccc3-c3ccccc32)CC1=O. The van der Waals surface area contributed by atoms with E-state index in [4.69, 9.17) is 14.6 Å². The Morgan fingerprint density at radius 1 is 1.00 bits per heavy atom. The van der Waals surface area contributed by atoms with E-state index in [0.29, 0.717) is 6.42 Å². The first-order chi connectivity index (χ1) is 22.1. The van der Waals surface area contributed by atoms with Crippen molar-refractivity contribution in [3.63, 3.8) is 0 Å². The molecule has 2 atom stereocenters. The van der Waals surface area contributed by atoms with Crippen LogP contribution < -0.4 is 5.32 Å². The number of fused-ring (bicyclic) bond motifs is 3. The summed E-state index contributed by atoms with van der Waals surface area (Å²) >= 11 is 0. The summed E-state index contributed by atoms with van der Waals surface area (Å²) in [6.45, 7) is 1.49. The Balaban J connectivity index is 1.27. The van der Waals surface area contributed by atoms with E-state index in [1.165, 1.54) is 22.0 Å². The molecule has 4 rings (SSSR count). The summed E-state index contributed by atoms with van der Waals surface area (Å²) in [5.74, 6) is -3.02. The number of aliphatic hydroxyl groups is 2. The Labute approximate surface area is 266 Å². The van der Waals surface area contributed by atoms with Gasteiger partial charge in [-0.3, -0.25) is 24.1 Å². The van der Waals surface area contributed by atoms with Crippen molar-refractivity contribution in [2.24, 2.45) is 0 Å². The smallest absolute Gasteiger partial charge is 0.410 e. The molecule has 1 fully saturated rings. The van der Waals surface area contributed by atoms with E-state index in [9.17, 15) is 34.2 Å². The molecule has 13 heteroatoms. The molecule has 1 aliphatic carbocycles. The molecule has 46 heavy (non-hydrogen) atoms. The number of hydrogen-bond donors (Lipinski definition) is 4. The number of amides is 3. The van der Waals surface area contributed by atoms with Crippen molar-refractivity contribution in [2.75, 3.05) is 32.8 Å². The minimum Gasteiger partial charge on any atom is -0.481 e. The topological polar surface area (TPSA) is 183 Å². The number of ether oxygens (including phenoxy) is 2. The minimum atomic E-state index is -1.87. The zero-order valence-corrected chi connectivity index (χ0v) is 25.5. The second-order valence-corrected chi connectivity index (χ2v) is 11.1. The number of carboxylic acid groups (broad SMARTS) is 1. The number of carbonyl (C=O) groups is 5. The molecule has 3 amide bonds. The molecule has 0 radical (unpaired) electrons. The number of carboxylic acids is 1. The molecule has 1 heterocycles. The molecule has 2 aromatic rings. The van der Waals surface area contributed by atoms with Gasteiger partial charge < -0.3 is 35.0 Å². The van der Waals surface area contributed by atoms with Gasteiger partial charge in [0, 0.05) is 32.0 Å². The van der Waals surface area contributed by atoms with Crippen LogP contribution in [0.1, 0.15) is 49.7 Å². The Bertz CT molecular complexity index is 1410. The standard InChI is InChI=1S/C33H39N3O10/c1-2-21(17-29(38)39)46-31(42)13-7-8-14-34-32(43)27(18-30(40)41)36-16-15-35(19-28(36)37)33(44)45-20-26-24-11-5-3-9-22(24)23-10-4-6-12-25(23)26/h3-12,21,26-27,30,40-41H,2,13-20H2,1H3,(H,34,43)(H,38,39)/b8-7+/t21?,27-/m0/s1. The first-order valence-electron chi connectivity index (χ1n) is 15.2. The lowest BCUT2D eigenvalue weighted by atomic mass is 9.98. The fourth-order valence-electron chi connectivity index (χ4n) is 5.67. The number of carbonyl (C=O) groups excluding carboxylic acids is 4. The van der Waals surface area contributed by atoms with Crippen LogP contribution in [-0.4, -0.2) is 106 Å². The van der Waals surface area contributed by atoms with Gasteiger partial charge >= 0.3 is 18.0 Å². The van der Waals surface area contributed by atoms with Crippen LogP contribution in [-0.2, 0) is 28.7 Å². The zero-order chi connectivity index (χ0) is 33.2. The molecule has 0 spiro atoms. The average molecular weight is 638 g/mol. The normalized spacial score (nSPS) is 15.8. The molecule has 0 bridgehead atoms. The summed E-state index contributed by atoms with van der Waals surface area (Å²) in [5.41, 5.74) is 4.30. The Morgan fingerprint density at radius 2 is 1.65 bits per heavy atom. The van der Waals surface area contributed by atoms with Gasteiger partial charge in [-0.2, -0.15) is 0 Å². The van der Waals surface area contributed by atoms with Crippen molar-refractivity contribution in [2.45, 2.75) is 57.0 Å². The molecule has 2 aliphatic rings. The van der Waals surface area contributed by atoms with E-state index in [0.717, 1.165) is 22.3 Å². The third-order valence-electron chi connectivity index (χ3n) is 7.97. The number of benzene rings is 2. The molecular weight excluding hydrogens is 598 g/mol. The van der Waals surface area contributed by atoms with Gasteiger partial charge in [0.2, 0.25) is 11.8 Å². The van der Waals surface area contributed by atoms with Gasteiger partial charge in [-0.25, -0.2) is 4.79 Å². The van der Waals surface area contributed by atoms with Crippen molar-refractivity contribution >= 4 is 29.8 Å². The van der Waals surface area contributed by atoms with Gasteiger partial charge in [0.15, 0.2) is 6.29 Å². The second-order valence-electron chi connectivity index (χ2n) is 11.1. The predicted octanol–water partition coefficient (Wildman–Crippen LogP) is 2.01. The van der Waals surface area contributed by atoms with E-state index >= 15 is 0 Å². The lowest BCUT2D eigenvalue weighted by molar-refractivity contribution is -0.152. The van der Waals surface area contributed by atoms with Gasteiger partial charge in [-0.05, 0) is 28.7 Å². The lowest BCUT2D eigenvalue weighted by Crippen LogP contribution is -2.59. The molecular formula is C33H39N3O10. The number of nitrogens with one attached hydrogen (secondary N) is 1. The Morgan fingerprint density at radius 3 is 2.24 bits per heavy atom. The maximum atomic E-state index is 13.1. The minimum absolute atomic E-state index is 0.0234. The summed E-state index contributed by atoms with van der Waals surface area (Å²) in [5, 5.41) is 30.7. The number of rotatable bonds is 14. The van der Waals surface area contributed by atoms with E-state index in [1.807, 2.05) is 48.5 Å². The molecule has 246 valence electrons. The van der Waals surface area contributed by atoms with Crippen LogP contribution in [0.5, 0.6) is 0 Å². The van der Waals surface area contributed by atoms with Crippen LogP contribution in [0.15, 0.2) is 60.7 Å². The van der Waals surface area contributed by atoms with Crippen molar-refractivity contribution in [1.82, 2.24) is 15.1 Å². The summed E-state index contributed by atoms with van der Waals surface area (Å²) in [4.78, 5) is 64.3. The van der Waals surface area contributed by atoms with Crippen LogP contribution in [0, 0.1) is 0 Å². The van der Waals surface area contributed by atoms with Crippen LogP contribution in [0.2, 0.25) is 0 Å². The molecule has 1 unspecified atom stereocenters. The number of esters is 1. The maximum absolute atomic E-state index is 13.1.